The van der Waals surface area contributed by atoms with Crippen LogP contribution < -0.4 is 8.92 Å². The van der Waals surface area contributed by atoms with Gasteiger partial charge in [-0.3, -0.25) is 10.2 Å². The number of hydrogen-bond donors (Lipinski definition) is 1. The Morgan fingerprint density at radius 3 is 2.53 bits per heavy atom. The van der Waals surface area contributed by atoms with Crippen molar-refractivity contribution >= 4 is 49.9 Å². The molecule has 0 aromatic heterocycles. The van der Waals surface area contributed by atoms with E-state index in [0.717, 1.165) is 10.6 Å². The van der Waals surface area contributed by atoms with E-state index in [1.165, 1.54) is 41.0 Å². The zero-order valence-electron chi connectivity index (χ0n) is 18.7. The summed E-state index contributed by atoms with van der Waals surface area (Å²) < 4.78 is 36.4. The molecule has 2 aliphatic heterocycles. The number of rotatable bonds is 7. The highest BCUT2D eigenvalue weighted by Gasteiger charge is 2.35. The standard InChI is InChI=1S/C23H22N4O5S2/c1-4-20-26-27-21(24)17(22(28)25-23(27)33-20)12-15-8-11-18(19(13-15)31-5-2)32-34(29,30)16-9-6-14(3)7-10-16/h6-13,24H,4-5H2,1-3H3. The molecule has 0 fully saturated rings. The van der Waals surface area contributed by atoms with Crippen molar-refractivity contribution in [2.45, 2.75) is 32.1 Å². The first kappa shape index (κ1) is 23.7. The number of fused-ring (bicyclic) bond motifs is 1. The number of benzene rings is 2. The van der Waals surface area contributed by atoms with Gasteiger partial charge in [0.25, 0.3) is 5.91 Å². The Labute approximate surface area is 201 Å². The summed E-state index contributed by atoms with van der Waals surface area (Å²) in [6, 6.07) is 10.9. The number of carbonyl (C=O) groups is 1. The summed E-state index contributed by atoms with van der Waals surface area (Å²) in [6.45, 7) is 5.82. The number of thioether (sulfide) groups is 1. The molecule has 2 aromatic rings. The van der Waals surface area contributed by atoms with Gasteiger partial charge in [0.1, 0.15) is 9.94 Å². The summed E-state index contributed by atoms with van der Waals surface area (Å²) in [7, 11) is -4.07. The van der Waals surface area contributed by atoms with Crippen LogP contribution in [0.4, 0.5) is 0 Å². The summed E-state index contributed by atoms with van der Waals surface area (Å²) in [5.74, 6) is -0.416. The molecule has 176 valence electrons. The number of amides is 1. The maximum absolute atomic E-state index is 12.7. The largest absolute Gasteiger partial charge is 0.490 e. The van der Waals surface area contributed by atoms with Gasteiger partial charge in [0.15, 0.2) is 17.3 Å². The Morgan fingerprint density at radius 2 is 1.85 bits per heavy atom. The normalized spacial score (nSPS) is 16.9. The molecule has 34 heavy (non-hydrogen) atoms. The van der Waals surface area contributed by atoms with E-state index in [1.807, 2.05) is 13.8 Å². The maximum atomic E-state index is 12.7. The van der Waals surface area contributed by atoms with Crippen LogP contribution in [0.3, 0.4) is 0 Å². The van der Waals surface area contributed by atoms with E-state index in [9.17, 15) is 13.2 Å². The molecule has 2 aromatic carbocycles. The fourth-order valence-corrected chi connectivity index (χ4v) is 4.93. The smallest absolute Gasteiger partial charge is 0.339 e. The van der Waals surface area contributed by atoms with E-state index in [0.29, 0.717) is 17.2 Å². The van der Waals surface area contributed by atoms with E-state index < -0.39 is 16.0 Å². The molecule has 0 spiro atoms. The van der Waals surface area contributed by atoms with Crippen LogP contribution >= 0.6 is 11.8 Å². The topological polar surface area (TPSA) is 121 Å². The lowest BCUT2D eigenvalue weighted by atomic mass is 10.1. The number of nitrogens with one attached hydrogen (secondary N) is 1. The van der Waals surface area contributed by atoms with Gasteiger partial charge in [0.2, 0.25) is 5.17 Å². The van der Waals surface area contributed by atoms with Gasteiger partial charge in [-0.25, -0.2) is 0 Å². The minimum Gasteiger partial charge on any atom is -0.490 e. The third kappa shape index (κ3) is 4.75. The number of ether oxygens (including phenoxy) is 1. The number of nitrogens with zero attached hydrogens (tertiary/aromatic N) is 3. The molecule has 0 unspecified atom stereocenters. The van der Waals surface area contributed by atoms with Gasteiger partial charge in [-0.15, -0.1) is 0 Å². The summed E-state index contributed by atoms with van der Waals surface area (Å²) >= 11 is 1.27. The van der Waals surface area contributed by atoms with Crippen LogP contribution in [-0.4, -0.2) is 42.0 Å². The predicted molar refractivity (Wildman–Crippen MR) is 132 cm³/mol. The van der Waals surface area contributed by atoms with Crippen molar-refractivity contribution in [2.75, 3.05) is 6.61 Å². The van der Waals surface area contributed by atoms with Crippen LogP contribution in [0.1, 0.15) is 31.4 Å². The Morgan fingerprint density at radius 1 is 1.12 bits per heavy atom. The van der Waals surface area contributed by atoms with E-state index >= 15 is 0 Å². The fraction of sp³-hybridized carbons (Fsp3) is 0.217. The number of hydrogen-bond acceptors (Lipinski definition) is 8. The highest BCUT2D eigenvalue weighted by atomic mass is 32.2. The van der Waals surface area contributed by atoms with Gasteiger partial charge >= 0.3 is 10.1 Å². The Hall–Kier alpha value is -3.44. The van der Waals surface area contributed by atoms with Crippen LogP contribution in [0.25, 0.3) is 6.08 Å². The van der Waals surface area contributed by atoms with Gasteiger partial charge in [-0.2, -0.15) is 23.5 Å². The third-order valence-corrected chi connectivity index (χ3v) is 7.19. The van der Waals surface area contributed by atoms with Crippen molar-refractivity contribution in [3.8, 4) is 11.5 Å². The molecule has 0 bridgehead atoms. The van der Waals surface area contributed by atoms with Crippen molar-refractivity contribution in [1.29, 1.82) is 5.41 Å². The van der Waals surface area contributed by atoms with Crippen LogP contribution in [0.15, 0.2) is 63.0 Å². The van der Waals surface area contributed by atoms with Crippen molar-refractivity contribution in [3.63, 3.8) is 0 Å². The monoisotopic (exact) mass is 498 g/mol. The number of aliphatic imine (C=N–C) groups is 1. The first-order chi connectivity index (χ1) is 16.2. The average Bonchev–Trinajstić information content (AvgIpc) is 3.22. The summed E-state index contributed by atoms with van der Waals surface area (Å²) in [5, 5.41) is 15.2. The van der Waals surface area contributed by atoms with Crippen molar-refractivity contribution in [2.24, 2.45) is 10.1 Å². The van der Waals surface area contributed by atoms with Gasteiger partial charge in [0.05, 0.1) is 12.2 Å². The molecule has 9 nitrogen and oxygen atoms in total. The third-order valence-electron chi connectivity index (χ3n) is 4.89. The average molecular weight is 499 g/mol. The van der Waals surface area contributed by atoms with Gasteiger partial charge in [-0.1, -0.05) is 30.7 Å². The molecule has 4 rings (SSSR count). The van der Waals surface area contributed by atoms with Crippen LogP contribution in [-0.2, 0) is 14.9 Å². The van der Waals surface area contributed by atoms with Gasteiger partial charge < -0.3 is 8.92 Å². The maximum Gasteiger partial charge on any atom is 0.339 e. The second-order valence-electron chi connectivity index (χ2n) is 7.36. The molecular weight excluding hydrogens is 476 g/mol. The highest BCUT2D eigenvalue weighted by Crippen LogP contribution is 2.33. The molecule has 11 heteroatoms. The number of hydrazone groups is 1. The summed E-state index contributed by atoms with van der Waals surface area (Å²) in [5.41, 5.74) is 1.51. The highest BCUT2D eigenvalue weighted by molar-refractivity contribution is 8.26. The second-order valence-corrected chi connectivity index (χ2v) is 9.94. The number of carbonyl (C=O) groups excluding carboxylic acids is 1. The molecule has 2 aliphatic rings. The van der Waals surface area contributed by atoms with Crippen molar-refractivity contribution in [1.82, 2.24) is 5.01 Å². The lowest BCUT2D eigenvalue weighted by Gasteiger charge is -2.20. The van der Waals surface area contributed by atoms with E-state index in [4.69, 9.17) is 14.3 Å². The molecule has 0 atom stereocenters. The molecule has 2 heterocycles. The minimum absolute atomic E-state index is 0.0167. The predicted octanol–water partition coefficient (Wildman–Crippen LogP) is 4.19. The first-order valence-corrected chi connectivity index (χ1v) is 12.7. The molecule has 1 amide bonds. The summed E-state index contributed by atoms with van der Waals surface area (Å²) in [6.07, 6.45) is 2.17. The van der Waals surface area contributed by atoms with E-state index in [2.05, 4.69) is 10.1 Å². The van der Waals surface area contributed by atoms with Crippen molar-refractivity contribution < 1.29 is 22.1 Å². The lowest BCUT2D eigenvalue weighted by molar-refractivity contribution is -0.114. The van der Waals surface area contributed by atoms with Crippen LogP contribution in [0.5, 0.6) is 11.5 Å². The molecule has 1 N–H and O–H groups in total. The number of aryl methyl sites for hydroxylation is 1. The van der Waals surface area contributed by atoms with Crippen LogP contribution in [0, 0.1) is 12.3 Å². The Bertz CT molecular complexity index is 1360. The second kappa shape index (κ2) is 9.43. The minimum atomic E-state index is -4.07. The van der Waals surface area contributed by atoms with Gasteiger partial charge in [0, 0.05) is 0 Å². The van der Waals surface area contributed by atoms with Crippen molar-refractivity contribution in [3.05, 3.63) is 59.2 Å². The molecule has 0 radical (unpaired) electrons. The Kier molecular flexibility index (Phi) is 6.58. The molecular formula is C23H22N4O5S2. The zero-order valence-corrected chi connectivity index (χ0v) is 20.4. The number of amidine groups is 2. The van der Waals surface area contributed by atoms with Gasteiger partial charge in [-0.05, 0) is 67.9 Å². The Balaban J connectivity index is 1.65. The SMILES string of the molecule is CCOc1cc(C=C2C(=N)N3N=C(CC)SC3=NC2=O)ccc1OS(=O)(=O)c1ccc(C)cc1. The van der Waals surface area contributed by atoms with E-state index in [1.54, 1.807) is 31.2 Å². The first-order valence-electron chi connectivity index (χ1n) is 10.5. The fourth-order valence-electron chi connectivity index (χ4n) is 3.16. The molecule has 0 saturated heterocycles. The zero-order chi connectivity index (χ0) is 24.5. The van der Waals surface area contributed by atoms with Crippen LogP contribution in [0.2, 0.25) is 0 Å². The molecule has 0 saturated carbocycles. The van der Waals surface area contributed by atoms with E-state index in [-0.39, 0.29) is 34.4 Å². The summed E-state index contributed by atoms with van der Waals surface area (Å²) in [4.78, 5) is 16.6. The molecule has 0 aliphatic carbocycles. The quantitative estimate of drug-likeness (QED) is 0.449. The lowest BCUT2D eigenvalue weighted by Crippen LogP contribution is -2.35.